The summed E-state index contributed by atoms with van der Waals surface area (Å²) in [5.74, 6) is -0.100. The number of rotatable bonds is 6. The zero-order valence-electron chi connectivity index (χ0n) is 11.6. The molecule has 2 aromatic rings. The van der Waals surface area contributed by atoms with Crippen LogP contribution in [0, 0.1) is 0 Å². The van der Waals surface area contributed by atoms with Crippen molar-refractivity contribution in [3.63, 3.8) is 0 Å². The first kappa shape index (κ1) is 15.1. The maximum absolute atomic E-state index is 11.6. The van der Waals surface area contributed by atoms with Crippen LogP contribution in [0.15, 0.2) is 60.7 Å². The SMILES string of the molecule is O=C(/C=C/c1ccccc1)NCCNc1ccc(Cl)cc1. The van der Waals surface area contributed by atoms with E-state index in [4.69, 9.17) is 11.6 Å². The number of carbonyl (C=O) groups excluding carboxylic acids is 1. The molecule has 0 aliphatic rings. The molecule has 2 aromatic carbocycles. The highest BCUT2D eigenvalue weighted by molar-refractivity contribution is 6.30. The standard InChI is InChI=1S/C17H17ClN2O/c18-15-7-9-16(10-8-15)19-12-13-20-17(21)11-6-14-4-2-1-3-5-14/h1-11,19H,12-13H2,(H,20,21)/b11-6+. The minimum absolute atomic E-state index is 0.100. The summed E-state index contributed by atoms with van der Waals surface area (Å²) >= 11 is 5.81. The summed E-state index contributed by atoms with van der Waals surface area (Å²) in [6.07, 6.45) is 3.33. The average molecular weight is 301 g/mol. The summed E-state index contributed by atoms with van der Waals surface area (Å²) in [5.41, 5.74) is 1.99. The molecule has 0 aliphatic carbocycles. The van der Waals surface area contributed by atoms with E-state index in [1.54, 1.807) is 6.08 Å². The Morgan fingerprint density at radius 2 is 1.71 bits per heavy atom. The van der Waals surface area contributed by atoms with Crippen molar-refractivity contribution in [1.29, 1.82) is 0 Å². The summed E-state index contributed by atoms with van der Waals surface area (Å²) in [4.78, 5) is 11.6. The molecule has 3 nitrogen and oxygen atoms in total. The molecular formula is C17H17ClN2O. The van der Waals surface area contributed by atoms with Crippen LogP contribution in [0.4, 0.5) is 5.69 Å². The summed E-state index contributed by atoms with van der Waals surface area (Å²) < 4.78 is 0. The molecule has 0 aliphatic heterocycles. The van der Waals surface area contributed by atoms with Gasteiger partial charge in [-0.2, -0.15) is 0 Å². The molecule has 2 rings (SSSR count). The van der Waals surface area contributed by atoms with Crippen molar-refractivity contribution in [2.75, 3.05) is 18.4 Å². The van der Waals surface area contributed by atoms with Crippen LogP contribution in [-0.4, -0.2) is 19.0 Å². The fraction of sp³-hybridized carbons (Fsp3) is 0.118. The third-order valence-corrected chi connectivity index (χ3v) is 3.08. The van der Waals surface area contributed by atoms with Gasteiger partial charge in [0, 0.05) is 29.9 Å². The normalized spacial score (nSPS) is 10.5. The van der Waals surface area contributed by atoms with Crippen LogP contribution >= 0.6 is 11.6 Å². The van der Waals surface area contributed by atoms with E-state index >= 15 is 0 Å². The summed E-state index contributed by atoms with van der Waals surface area (Å²) in [7, 11) is 0. The Balaban J connectivity index is 1.67. The monoisotopic (exact) mass is 300 g/mol. The van der Waals surface area contributed by atoms with Gasteiger partial charge in [0.1, 0.15) is 0 Å². The van der Waals surface area contributed by atoms with Crippen LogP contribution < -0.4 is 10.6 Å². The zero-order valence-corrected chi connectivity index (χ0v) is 12.3. The highest BCUT2D eigenvalue weighted by Crippen LogP contribution is 2.12. The maximum Gasteiger partial charge on any atom is 0.244 e. The molecule has 0 aromatic heterocycles. The van der Waals surface area contributed by atoms with Gasteiger partial charge in [0.15, 0.2) is 0 Å². The lowest BCUT2D eigenvalue weighted by Gasteiger charge is -2.06. The molecular weight excluding hydrogens is 284 g/mol. The lowest BCUT2D eigenvalue weighted by atomic mass is 10.2. The average Bonchev–Trinajstić information content (AvgIpc) is 2.52. The van der Waals surface area contributed by atoms with Crippen LogP contribution in [0.1, 0.15) is 5.56 Å². The van der Waals surface area contributed by atoms with E-state index in [0.29, 0.717) is 18.1 Å². The molecule has 0 bridgehead atoms. The van der Waals surface area contributed by atoms with Crippen molar-refractivity contribution in [2.45, 2.75) is 0 Å². The molecule has 0 heterocycles. The van der Waals surface area contributed by atoms with Crippen LogP contribution in [0.5, 0.6) is 0 Å². The van der Waals surface area contributed by atoms with Gasteiger partial charge in [-0.05, 0) is 35.9 Å². The second-order valence-electron chi connectivity index (χ2n) is 4.47. The Bertz CT molecular complexity index is 594. The van der Waals surface area contributed by atoms with E-state index < -0.39 is 0 Å². The van der Waals surface area contributed by atoms with Gasteiger partial charge < -0.3 is 10.6 Å². The van der Waals surface area contributed by atoms with Gasteiger partial charge in [0.05, 0.1) is 0 Å². The van der Waals surface area contributed by atoms with Gasteiger partial charge in [0.2, 0.25) is 5.91 Å². The maximum atomic E-state index is 11.6. The molecule has 0 spiro atoms. The Kier molecular flexibility index (Phi) is 5.85. The number of anilines is 1. The van der Waals surface area contributed by atoms with Gasteiger partial charge in [-0.15, -0.1) is 0 Å². The fourth-order valence-corrected chi connectivity index (χ4v) is 1.88. The van der Waals surface area contributed by atoms with Crippen molar-refractivity contribution in [3.05, 3.63) is 71.3 Å². The Morgan fingerprint density at radius 1 is 1.00 bits per heavy atom. The highest BCUT2D eigenvalue weighted by Gasteiger charge is 1.95. The lowest BCUT2D eigenvalue weighted by Crippen LogP contribution is -2.27. The zero-order chi connectivity index (χ0) is 14.9. The van der Waals surface area contributed by atoms with Crippen molar-refractivity contribution in [1.82, 2.24) is 5.32 Å². The second-order valence-corrected chi connectivity index (χ2v) is 4.91. The van der Waals surface area contributed by atoms with Crippen molar-refractivity contribution >= 4 is 29.3 Å². The summed E-state index contributed by atoms with van der Waals surface area (Å²) in [6, 6.07) is 17.2. The quantitative estimate of drug-likeness (QED) is 0.632. The minimum Gasteiger partial charge on any atom is -0.383 e. The third kappa shape index (κ3) is 5.71. The molecule has 0 unspecified atom stereocenters. The van der Waals surface area contributed by atoms with E-state index in [9.17, 15) is 4.79 Å². The first-order valence-corrected chi connectivity index (χ1v) is 7.12. The highest BCUT2D eigenvalue weighted by atomic mass is 35.5. The fourth-order valence-electron chi connectivity index (χ4n) is 1.76. The van der Waals surface area contributed by atoms with Gasteiger partial charge in [-0.25, -0.2) is 0 Å². The Hall–Kier alpha value is -2.26. The number of carbonyl (C=O) groups is 1. The number of hydrogen-bond acceptors (Lipinski definition) is 2. The molecule has 108 valence electrons. The molecule has 0 radical (unpaired) electrons. The third-order valence-electron chi connectivity index (χ3n) is 2.82. The smallest absolute Gasteiger partial charge is 0.244 e. The van der Waals surface area contributed by atoms with E-state index in [0.717, 1.165) is 11.3 Å². The van der Waals surface area contributed by atoms with E-state index in [1.807, 2.05) is 54.6 Å². The van der Waals surface area contributed by atoms with Crippen LogP contribution in [-0.2, 0) is 4.79 Å². The van der Waals surface area contributed by atoms with Crippen LogP contribution in [0.2, 0.25) is 5.02 Å². The predicted octanol–water partition coefficient (Wildman–Crippen LogP) is 3.58. The van der Waals surface area contributed by atoms with E-state index in [-0.39, 0.29) is 5.91 Å². The molecule has 4 heteroatoms. The van der Waals surface area contributed by atoms with Crippen molar-refractivity contribution < 1.29 is 4.79 Å². The minimum atomic E-state index is -0.100. The van der Waals surface area contributed by atoms with Gasteiger partial charge in [0.25, 0.3) is 0 Å². The first-order valence-electron chi connectivity index (χ1n) is 6.74. The van der Waals surface area contributed by atoms with Gasteiger partial charge in [-0.1, -0.05) is 41.9 Å². The number of nitrogens with one attached hydrogen (secondary N) is 2. The topological polar surface area (TPSA) is 41.1 Å². The number of halogens is 1. The van der Waals surface area contributed by atoms with E-state index in [2.05, 4.69) is 10.6 Å². The molecule has 21 heavy (non-hydrogen) atoms. The molecule has 1 amide bonds. The van der Waals surface area contributed by atoms with Crippen molar-refractivity contribution in [2.24, 2.45) is 0 Å². The van der Waals surface area contributed by atoms with Gasteiger partial charge in [-0.3, -0.25) is 4.79 Å². The predicted molar refractivity (Wildman–Crippen MR) is 88.4 cm³/mol. The summed E-state index contributed by atoms with van der Waals surface area (Å²) in [6.45, 7) is 1.22. The second kappa shape index (κ2) is 8.12. The lowest BCUT2D eigenvalue weighted by molar-refractivity contribution is -0.116. The molecule has 0 saturated heterocycles. The van der Waals surface area contributed by atoms with Crippen LogP contribution in [0.25, 0.3) is 6.08 Å². The first-order chi connectivity index (χ1) is 10.2. The number of benzene rings is 2. The van der Waals surface area contributed by atoms with Gasteiger partial charge >= 0.3 is 0 Å². The van der Waals surface area contributed by atoms with Crippen molar-refractivity contribution in [3.8, 4) is 0 Å². The number of amides is 1. The van der Waals surface area contributed by atoms with E-state index in [1.165, 1.54) is 6.08 Å². The molecule has 2 N–H and O–H groups in total. The number of hydrogen-bond donors (Lipinski definition) is 2. The Labute approximate surface area is 129 Å². The Morgan fingerprint density at radius 3 is 2.43 bits per heavy atom. The summed E-state index contributed by atoms with van der Waals surface area (Å²) in [5, 5.41) is 6.73. The molecule has 0 fully saturated rings. The molecule has 0 saturated carbocycles. The van der Waals surface area contributed by atoms with Crippen LogP contribution in [0.3, 0.4) is 0 Å². The largest absolute Gasteiger partial charge is 0.383 e. The molecule has 0 atom stereocenters.